The third-order valence-electron chi connectivity index (χ3n) is 2.17. The Morgan fingerprint density at radius 2 is 2.07 bits per heavy atom. The summed E-state index contributed by atoms with van der Waals surface area (Å²) in [6.45, 7) is 1.75. The predicted octanol–water partition coefficient (Wildman–Crippen LogP) is 2.43. The maximum atomic E-state index is 8.71. The fraction of sp³-hybridized carbons (Fsp3) is 0.0909. The Morgan fingerprint density at radius 3 is 2.86 bits per heavy atom. The SMILES string of the molecule is C/C(=N/O)c1cccc2cccnc12. The molecule has 0 radical (unpaired) electrons. The van der Waals surface area contributed by atoms with Gasteiger partial charge in [-0.3, -0.25) is 4.98 Å². The largest absolute Gasteiger partial charge is 0.411 e. The summed E-state index contributed by atoms with van der Waals surface area (Å²) in [4.78, 5) is 4.26. The van der Waals surface area contributed by atoms with Gasteiger partial charge in [0.15, 0.2) is 0 Å². The minimum absolute atomic E-state index is 0.578. The Bertz CT molecular complexity index is 486. The summed E-state index contributed by atoms with van der Waals surface area (Å²) >= 11 is 0. The van der Waals surface area contributed by atoms with Gasteiger partial charge in [-0.25, -0.2) is 0 Å². The Kier molecular flexibility index (Phi) is 2.14. The lowest BCUT2D eigenvalue weighted by atomic mass is 10.1. The fourth-order valence-electron chi connectivity index (χ4n) is 1.45. The number of aromatic nitrogens is 1. The maximum absolute atomic E-state index is 8.71. The van der Waals surface area contributed by atoms with Crippen LogP contribution in [0.3, 0.4) is 0 Å². The highest BCUT2D eigenvalue weighted by atomic mass is 16.4. The zero-order valence-electron chi connectivity index (χ0n) is 7.81. The molecule has 0 fully saturated rings. The van der Waals surface area contributed by atoms with E-state index in [0.29, 0.717) is 5.71 Å². The minimum Gasteiger partial charge on any atom is -0.411 e. The van der Waals surface area contributed by atoms with Crippen LogP contribution >= 0.6 is 0 Å². The lowest BCUT2D eigenvalue weighted by molar-refractivity contribution is 0.319. The Balaban J connectivity index is 2.77. The van der Waals surface area contributed by atoms with Gasteiger partial charge >= 0.3 is 0 Å². The number of para-hydroxylation sites is 1. The minimum atomic E-state index is 0.578. The Morgan fingerprint density at radius 1 is 1.29 bits per heavy atom. The molecule has 14 heavy (non-hydrogen) atoms. The number of hydrogen-bond acceptors (Lipinski definition) is 3. The van der Waals surface area contributed by atoms with E-state index in [2.05, 4.69) is 10.1 Å². The summed E-state index contributed by atoms with van der Waals surface area (Å²) in [6.07, 6.45) is 1.73. The number of hydrogen-bond donors (Lipinski definition) is 1. The van der Waals surface area contributed by atoms with Crippen LogP contribution in [0.1, 0.15) is 12.5 Å². The highest BCUT2D eigenvalue weighted by Gasteiger charge is 2.03. The van der Waals surface area contributed by atoms with Crippen molar-refractivity contribution in [3.63, 3.8) is 0 Å². The standard InChI is InChI=1S/C11H10N2O/c1-8(13-14)10-6-2-4-9-5-3-7-12-11(9)10/h2-7,14H,1H3/b13-8-. The van der Waals surface area contributed by atoms with Crippen LogP contribution in [0, 0.1) is 0 Å². The molecule has 3 nitrogen and oxygen atoms in total. The molecule has 3 heteroatoms. The summed E-state index contributed by atoms with van der Waals surface area (Å²) in [6, 6.07) is 9.67. The topological polar surface area (TPSA) is 45.5 Å². The Hall–Kier alpha value is -1.90. The number of nitrogens with zero attached hydrogens (tertiary/aromatic N) is 2. The molecule has 1 aromatic carbocycles. The van der Waals surface area contributed by atoms with Gasteiger partial charge in [-0.2, -0.15) is 0 Å². The molecule has 0 bridgehead atoms. The van der Waals surface area contributed by atoms with Crippen molar-refractivity contribution in [2.45, 2.75) is 6.92 Å². The van der Waals surface area contributed by atoms with E-state index in [9.17, 15) is 0 Å². The van der Waals surface area contributed by atoms with E-state index < -0.39 is 0 Å². The molecule has 0 aliphatic rings. The average Bonchev–Trinajstić information content (AvgIpc) is 2.27. The summed E-state index contributed by atoms with van der Waals surface area (Å²) in [7, 11) is 0. The van der Waals surface area contributed by atoms with Gasteiger partial charge in [-0.05, 0) is 13.0 Å². The average molecular weight is 186 g/mol. The quantitative estimate of drug-likeness (QED) is 0.422. The smallest absolute Gasteiger partial charge is 0.0858 e. The number of pyridine rings is 1. The van der Waals surface area contributed by atoms with Gasteiger partial charge < -0.3 is 5.21 Å². The molecule has 1 heterocycles. The van der Waals surface area contributed by atoms with Crippen molar-refractivity contribution in [1.82, 2.24) is 4.98 Å². The van der Waals surface area contributed by atoms with Crippen LogP contribution in [0.5, 0.6) is 0 Å². The van der Waals surface area contributed by atoms with Crippen molar-refractivity contribution in [3.05, 3.63) is 42.1 Å². The van der Waals surface area contributed by atoms with E-state index in [0.717, 1.165) is 16.5 Å². The molecule has 0 aliphatic heterocycles. The monoisotopic (exact) mass is 186 g/mol. The number of benzene rings is 1. The first-order valence-electron chi connectivity index (χ1n) is 4.35. The third-order valence-corrected chi connectivity index (χ3v) is 2.17. The first kappa shape index (κ1) is 8.69. The third kappa shape index (κ3) is 1.33. The van der Waals surface area contributed by atoms with Gasteiger partial charge in [0.2, 0.25) is 0 Å². The summed E-state index contributed by atoms with van der Waals surface area (Å²) in [5.74, 6) is 0. The van der Waals surface area contributed by atoms with Crippen molar-refractivity contribution in [2.24, 2.45) is 5.16 Å². The predicted molar refractivity (Wildman–Crippen MR) is 55.7 cm³/mol. The van der Waals surface area contributed by atoms with Gasteiger partial charge in [0.05, 0.1) is 11.2 Å². The number of rotatable bonds is 1. The summed E-state index contributed by atoms with van der Waals surface area (Å²) < 4.78 is 0. The van der Waals surface area contributed by atoms with Crippen molar-refractivity contribution in [1.29, 1.82) is 0 Å². The second kappa shape index (κ2) is 3.46. The molecule has 2 aromatic rings. The van der Waals surface area contributed by atoms with Crippen LogP contribution in [0.25, 0.3) is 10.9 Å². The van der Waals surface area contributed by atoms with Crippen LogP contribution in [-0.2, 0) is 0 Å². The van der Waals surface area contributed by atoms with Crippen molar-refractivity contribution < 1.29 is 5.21 Å². The molecule has 70 valence electrons. The summed E-state index contributed by atoms with van der Waals surface area (Å²) in [5, 5.41) is 12.9. The molecule has 0 amide bonds. The van der Waals surface area contributed by atoms with E-state index in [1.807, 2.05) is 30.3 Å². The van der Waals surface area contributed by atoms with Crippen molar-refractivity contribution in [2.75, 3.05) is 0 Å². The molecule has 1 aromatic heterocycles. The first-order valence-corrected chi connectivity index (χ1v) is 4.35. The molecular weight excluding hydrogens is 176 g/mol. The normalized spacial score (nSPS) is 11.9. The van der Waals surface area contributed by atoms with Crippen LogP contribution < -0.4 is 0 Å². The molecule has 1 N–H and O–H groups in total. The van der Waals surface area contributed by atoms with Gasteiger partial charge in [0.1, 0.15) is 0 Å². The second-order valence-corrected chi connectivity index (χ2v) is 3.07. The van der Waals surface area contributed by atoms with Gasteiger partial charge in [0, 0.05) is 17.1 Å². The fourth-order valence-corrected chi connectivity index (χ4v) is 1.45. The highest BCUT2D eigenvalue weighted by molar-refractivity contribution is 6.08. The van der Waals surface area contributed by atoms with Crippen LogP contribution in [0.15, 0.2) is 41.7 Å². The van der Waals surface area contributed by atoms with Gasteiger partial charge in [-0.15, -0.1) is 0 Å². The van der Waals surface area contributed by atoms with E-state index in [1.54, 1.807) is 13.1 Å². The number of oxime groups is 1. The molecule has 2 rings (SSSR count). The van der Waals surface area contributed by atoms with Crippen LogP contribution in [0.4, 0.5) is 0 Å². The van der Waals surface area contributed by atoms with Crippen molar-refractivity contribution >= 4 is 16.6 Å². The molecule has 0 aliphatic carbocycles. The van der Waals surface area contributed by atoms with Crippen LogP contribution in [0.2, 0.25) is 0 Å². The van der Waals surface area contributed by atoms with E-state index in [-0.39, 0.29) is 0 Å². The summed E-state index contributed by atoms with van der Waals surface area (Å²) in [5.41, 5.74) is 2.31. The zero-order valence-corrected chi connectivity index (χ0v) is 7.81. The maximum Gasteiger partial charge on any atom is 0.0858 e. The van der Waals surface area contributed by atoms with E-state index in [4.69, 9.17) is 5.21 Å². The molecule has 0 spiro atoms. The molecule has 0 atom stereocenters. The van der Waals surface area contributed by atoms with E-state index in [1.165, 1.54) is 0 Å². The highest BCUT2D eigenvalue weighted by Crippen LogP contribution is 2.16. The Labute approximate surface area is 81.7 Å². The zero-order chi connectivity index (χ0) is 9.97. The lowest BCUT2D eigenvalue weighted by Gasteiger charge is -2.02. The number of fused-ring (bicyclic) bond motifs is 1. The van der Waals surface area contributed by atoms with E-state index >= 15 is 0 Å². The van der Waals surface area contributed by atoms with Crippen LogP contribution in [-0.4, -0.2) is 15.9 Å². The van der Waals surface area contributed by atoms with Gasteiger partial charge in [0.25, 0.3) is 0 Å². The lowest BCUT2D eigenvalue weighted by Crippen LogP contribution is -1.96. The molecule has 0 saturated heterocycles. The first-order chi connectivity index (χ1) is 6.83. The second-order valence-electron chi connectivity index (χ2n) is 3.07. The van der Waals surface area contributed by atoms with Gasteiger partial charge in [-0.1, -0.05) is 29.4 Å². The molecular formula is C11H10N2O. The van der Waals surface area contributed by atoms with Crippen molar-refractivity contribution in [3.8, 4) is 0 Å². The molecule has 0 unspecified atom stereocenters. The molecule has 0 saturated carbocycles.